The SMILES string of the molecule is C=C(C)[C@@H]1CC[C@@](C)(O)[C@H]1CC1=C(OC)C(CC=C(C)C)(CC=C(C)C)C(OC)=C(C(=O)C(C)C)C1=O. The van der Waals surface area contributed by atoms with Gasteiger partial charge in [-0.25, -0.2) is 0 Å². The first-order valence-electron chi connectivity index (χ1n) is 13.4. The Morgan fingerprint density at radius 3 is 1.97 bits per heavy atom. The number of hydrogen-bond acceptors (Lipinski definition) is 5. The van der Waals surface area contributed by atoms with Crippen molar-refractivity contribution in [1.29, 1.82) is 0 Å². The highest BCUT2D eigenvalue weighted by molar-refractivity contribution is 6.28. The number of carbonyl (C=O) groups is 2. The van der Waals surface area contributed by atoms with Crippen LogP contribution >= 0.6 is 0 Å². The third-order valence-electron chi connectivity index (χ3n) is 8.07. The topological polar surface area (TPSA) is 72.8 Å². The van der Waals surface area contributed by atoms with Gasteiger partial charge in [0, 0.05) is 11.5 Å². The molecule has 0 spiro atoms. The second-order valence-electron chi connectivity index (χ2n) is 12.0. The van der Waals surface area contributed by atoms with Crippen LogP contribution in [0.4, 0.5) is 0 Å². The van der Waals surface area contributed by atoms with Crippen LogP contribution in [0.3, 0.4) is 0 Å². The number of carbonyl (C=O) groups excluding carboxylic acids is 2. The lowest BCUT2D eigenvalue weighted by molar-refractivity contribution is -0.123. The van der Waals surface area contributed by atoms with Crippen LogP contribution in [0, 0.1) is 23.2 Å². The van der Waals surface area contributed by atoms with Crippen LogP contribution in [0.1, 0.15) is 87.5 Å². The summed E-state index contributed by atoms with van der Waals surface area (Å²) in [7, 11) is 3.13. The number of ketones is 2. The average Bonchev–Trinajstić information content (AvgIpc) is 3.11. The minimum Gasteiger partial charge on any atom is -0.500 e. The molecule has 0 radical (unpaired) electrons. The lowest BCUT2D eigenvalue weighted by atomic mass is 9.66. The molecule has 5 nitrogen and oxygen atoms in total. The summed E-state index contributed by atoms with van der Waals surface area (Å²) >= 11 is 0. The smallest absolute Gasteiger partial charge is 0.199 e. The molecule has 2 aliphatic rings. The highest BCUT2D eigenvalue weighted by Gasteiger charge is 2.53. The van der Waals surface area contributed by atoms with Gasteiger partial charge in [0.15, 0.2) is 11.6 Å². The summed E-state index contributed by atoms with van der Waals surface area (Å²) in [5.74, 6) is -0.178. The molecule has 0 aromatic heterocycles. The Kier molecular flexibility index (Phi) is 9.98. The van der Waals surface area contributed by atoms with Crippen LogP contribution in [-0.2, 0) is 19.1 Å². The molecule has 0 bridgehead atoms. The summed E-state index contributed by atoms with van der Waals surface area (Å²) in [6.07, 6.45) is 7.02. The normalized spacial score (nSPS) is 25.4. The average molecular weight is 513 g/mol. The van der Waals surface area contributed by atoms with Crippen molar-refractivity contribution in [2.75, 3.05) is 14.2 Å². The maximum atomic E-state index is 14.2. The van der Waals surface area contributed by atoms with Gasteiger partial charge in [0.05, 0.1) is 25.2 Å². The van der Waals surface area contributed by atoms with E-state index in [0.29, 0.717) is 42.8 Å². The molecule has 0 unspecified atom stereocenters. The molecule has 5 heteroatoms. The van der Waals surface area contributed by atoms with E-state index in [9.17, 15) is 14.7 Å². The molecule has 2 rings (SSSR count). The summed E-state index contributed by atoms with van der Waals surface area (Å²) in [4.78, 5) is 27.8. The molecular formula is C32H48O5. The molecule has 37 heavy (non-hydrogen) atoms. The predicted octanol–water partition coefficient (Wildman–Crippen LogP) is 7.04. The zero-order valence-electron chi connectivity index (χ0n) is 24.7. The molecule has 0 heterocycles. The van der Waals surface area contributed by atoms with E-state index in [1.807, 2.05) is 41.5 Å². The van der Waals surface area contributed by atoms with E-state index < -0.39 is 11.0 Å². The Morgan fingerprint density at radius 1 is 1.05 bits per heavy atom. The van der Waals surface area contributed by atoms with Crippen LogP contribution in [0.15, 0.2) is 58.1 Å². The van der Waals surface area contributed by atoms with Crippen molar-refractivity contribution >= 4 is 11.6 Å². The molecule has 2 aliphatic carbocycles. The van der Waals surface area contributed by atoms with Crippen molar-refractivity contribution in [2.45, 2.75) is 93.1 Å². The van der Waals surface area contributed by atoms with Crippen molar-refractivity contribution in [3.05, 3.63) is 58.1 Å². The molecule has 0 saturated heterocycles. The molecule has 0 amide bonds. The van der Waals surface area contributed by atoms with Gasteiger partial charge in [0.1, 0.15) is 17.1 Å². The number of methoxy groups -OCH3 is 2. The van der Waals surface area contributed by atoms with Crippen molar-refractivity contribution in [1.82, 2.24) is 0 Å². The Labute approximate surface area is 224 Å². The Morgan fingerprint density at radius 2 is 1.57 bits per heavy atom. The molecule has 1 saturated carbocycles. The molecular weight excluding hydrogens is 464 g/mol. The van der Waals surface area contributed by atoms with E-state index >= 15 is 0 Å². The molecule has 3 atom stereocenters. The number of allylic oxidation sites excluding steroid dienone is 7. The molecule has 0 aliphatic heterocycles. The van der Waals surface area contributed by atoms with Gasteiger partial charge in [-0.2, -0.15) is 0 Å². The third kappa shape index (κ3) is 6.19. The van der Waals surface area contributed by atoms with Gasteiger partial charge in [-0.3, -0.25) is 9.59 Å². The fourth-order valence-corrected chi connectivity index (χ4v) is 5.95. The second kappa shape index (κ2) is 12.0. The van der Waals surface area contributed by atoms with Gasteiger partial charge >= 0.3 is 0 Å². The van der Waals surface area contributed by atoms with E-state index in [-0.39, 0.29) is 34.9 Å². The van der Waals surface area contributed by atoms with Gasteiger partial charge in [0.25, 0.3) is 0 Å². The number of aliphatic hydroxyl groups is 1. The monoisotopic (exact) mass is 512 g/mol. The van der Waals surface area contributed by atoms with Crippen LogP contribution in [0.5, 0.6) is 0 Å². The van der Waals surface area contributed by atoms with E-state index in [0.717, 1.165) is 23.1 Å². The Balaban J connectivity index is 2.95. The highest BCUT2D eigenvalue weighted by atomic mass is 16.5. The Bertz CT molecular complexity index is 1020. The lowest BCUT2D eigenvalue weighted by Gasteiger charge is -2.42. The predicted molar refractivity (Wildman–Crippen MR) is 150 cm³/mol. The number of hydrogen-bond donors (Lipinski definition) is 1. The fourth-order valence-electron chi connectivity index (χ4n) is 5.95. The second-order valence-corrected chi connectivity index (χ2v) is 12.0. The van der Waals surface area contributed by atoms with E-state index in [2.05, 4.69) is 18.7 Å². The number of rotatable bonds is 11. The minimum absolute atomic E-state index is 0.0791. The van der Waals surface area contributed by atoms with Crippen molar-refractivity contribution in [2.24, 2.45) is 23.2 Å². The van der Waals surface area contributed by atoms with E-state index in [1.165, 1.54) is 7.11 Å². The first-order valence-corrected chi connectivity index (χ1v) is 13.4. The van der Waals surface area contributed by atoms with Crippen molar-refractivity contribution < 1.29 is 24.2 Å². The van der Waals surface area contributed by atoms with Crippen LogP contribution < -0.4 is 0 Å². The number of Topliss-reactive ketones (excluding diaryl/α,β-unsaturated/α-hetero) is 2. The standard InChI is InChI=1S/C32H48O5/c1-19(2)12-16-32(17-13-20(3)4)29(36-10)24(18-25-23(21(5)6)14-15-31(25,9)35)28(34)26(30(32)37-11)27(33)22(7)8/h12-13,22-23,25,35H,5,14-18H2,1-4,6-11H3/t23-,25-,31+/m0/s1. The van der Waals surface area contributed by atoms with Gasteiger partial charge in [-0.1, -0.05) is 49.3 Å². The zero-order chi connectivity index (χ0) is 28.3. The van der Waals surface area contributed by atoms with Crippen LogP contribution in [0.2, 0.25) is 0 Å². The number of ether oxygens (including phenoxy) is 2. The summed E-state index contributed by atoms with van der Waals surface area (Å²) in [6.45, 7) is 19.7. The van der Waals surface area contributed by atoms with Gasteiger partial charge in [-0.05, 0) is 85.5 Å². The van der Waals surface area contributed by atoms with Gasteiger partial charge < -0.3 is 14.6 Å². The Hall–Kier alpha value is -2.40. The summed E-state index contributed by atoms with van der Waals surface area (Å²) in [5, 5.41) is 11.4. The fraction of sp³-hybridized carbons (Fsp3) is 0.625. The quantitative estimate of drug-likeness (QED) is 0.237. The maximum Gasteiger partial charge on any atom is 0.199 e. The molecule has 0 aromatic carbocycles. The van der Waals surface area contributed by atoms with Crippen molar-refractivity contribution in [3.63, 3.8) is 0 Å². The highest BCUT2D eigenvalue weighted by Crippen LogP contribution is 2.54. The van der Waals surface area contributed by atoms with Crippen LogP contribution in [0.25, 0.3) is 0 Å². The molecule has 206 valence electrons. The van der Waals surface area contributed by atoms with E-state index in [4.69, 9.17) is 9.47 Å². The molecule has 1 N–H and O–H groups in total. The summed E-state index contributed by atoms with van der Waals surface area (Å²) in [5.41, 5.74) is 2.02. The van der Waals surface area contributed by atoms with E-state index in [1.54, 1.807) is 21.0 Å². The first-order chi connectivity index (χ1) is 17.1. The summed E-state index contributed by atoms with van der Waals surface area (Å²) < 4.78 is 12.1. The van der Waals surface area contributed by atoms with Crippen molar-refractivity contribution in [3.8, 4) is 0 Å². The lowest BCUT2D eigenvalue weighted by Crippen LogP contribution is -2.41. The zero-order valence-corrected chi connectivity index (χ0v) is 24.7. The minimum atomic E-state index is -0.953. The third-order valence-corrected chi connectivity index (χ3v) is 8.07. The molecule has 0 aromatic rings. The largest absolute Gasteiger partial charge is 0.500 e. The maximum absolute atomic E-state index is 14.2. The summed E-state index contributed by atoms with van der Waals surface area (Å²) in [6, 6.07) is 0. The van der Waals surface area contributed by atoms with Gasteiger partial charge in [0.2, 0.25) is 0 Å². The van der Waals surface area contributed by atoms with Gasteiger partial charge in [-0.15, -0.1) is 0 Å². The van der Waals surface area contributed by atoms with Crippen LogP contribution in [-0.4, -0.2) is 36.5 Å². The first kappa shape index (κ1) is 30.8. The molecule has 1 fully saturated rings.